The number of carboxylic acid groups (broad SMARTS) is 1. The van der Waals surface area contributed by atoms with E-state index in [0.29, 0.717) is 12.8 Å². The summed E-state index contributed by atoms with van der Waals surface area (Å²) >= 11 is 0. The molecule has 0 bridgehead atoms. The average Bonchev–Trinajstić information content (AvgIpc) is 2.94. The molecule has 0 saturated heterocycles. The fourth-order valence-electron chi connectivity index (χ4n) is 3.43. The highest BCUT2D eigenvalue weighted by Gasteiger charge is 2.45. The number of fused-ring (bicyclic) bond motifs is 1. The van der Waals surface area contributed by atoms with E-state index in [2.05, 4.69) is 12.2 Å². The third kappa shape index (κ3) is 3.18. The van der Waals surface area contributed by atoms with Crippen LogP contribution in [0.15, 0.2) is 48.5 Å². The molecule has 0 aromatic heterocycles. The Labute approximate surface area is 141 Å². The zero-order valence-corrected chi connectivity index (χ0v) is 13.7. The van der Waals surface area contributed by atoms with Crippen molar-refractivity contribution in [2.24, 2.45) is 5.41 Å². The summed E-state index contributed by atoms with van der Waals surface area (Å²) in [5.41, 5.74) is 2.86. The number of carbonyl (C=O) groups excluding carboxylic acids is 1. The van der Waals surface area contributed by atoms with Gasteiger partial charge in [0.25, 0.3) is 0 Å². The van der Waals surface area contributed by atoms with Crippen molar-refractivity contribution in [3.63, 3.8) is 0 Å². The van der Waals surface area contributed by atoms with Gasteiger partial charge in [-0.2, -0.15) is 0 Å². The van der Waals surface area contributed by atoms with Crippen LogP contribution in [0.1, 0.15) is 30.0 Å². The summed E-state index contributed by atoms with van der Waals surface area (Å²) in [4.78, 5) is 24.4. The average molecular weight is 323 g/mol. The second kappa shape index (κ2) is 6.48. The van der Waals surface area contributed by atoms with Gasteiger partial charge >= 0.3 is 5.97 Å². The zero-order valence-electron chi connectivity index (χ0n) is 13.7. The molecule has 0 fully saturated rings. The molecule has 1 aliphatic rings. The van der Waals surface area contributed by atoms with Crippen molar-refractivity contribution in [1.29, 1.82) is 0 Å². The highest BCUT2D eigenvalue weighted by molar-refractivity contribution is 5.94. The zero-order chi connectivity index (χ0) is 17.2. The van der Waals surface area contributed by atoms with Crippen molar-refractivity contribution in [3.05, 3.63) is 65.2 Å². The lowest BCUT2D eigenvalue weighted by Crippen LogP contribution is -2.36. The van der Waals surface area contributed by atoms with E-state index in [9.17, 15) is 14.7 Å². The highest BCUT2D eigenvalue weighted by Crippen LogP contribution is 2.40. The van der Waals surface area contributed by atoms with Gasteiger partial charge in [-0.3, -0.25) is 9.59 Å². The van der Waals surface area contributed by atoms with Gasteiger partial charge in [0.2, 0.25) is 5.91 Å². The lowest BCUT2D eigenvalue weighted by atomic mass is 9.81. The lowest BCUT2D eigenvalue weighted by molar-refractivity contribution is -0.150. The number of amides is 1. The van der Waals surface area contributed by atoms with Crippen molar-refractivity contribution in [2.45, 2.75) is 32.6 Å². The fourth-order valence-corrected chi connectivity index (χ4v) is 3.43. The first kappa shape index (κ1) is 16.2. The van der Waals surface area contributed by atoms with Crippen LogP contribution in [-0.2, 0) is 28.9 Å². The summed E-state index contributed by atoms with van der Waals surface area (Å²) in [6.07, 6.45) is 1.67. The Morgan fingerprint density at radius 2 is 1.75 bits per heavy atom. The molecule has 0 heterocycles. The summed E-state index contributed by atoms with van der Waals surface area (Å²) in [6.45, 7) is 2.05. The molecule has 0 saturated carbocycles. The number of carbonyl (C=O) groups is 2. The SMILES string of the molecule is CCc1cccc(NC(=O)CC2(C(=O)O)Cc3ccccc3C2)c1. The normalized spacial score (nSPS) is 14.9. The summed E-state index contributed by atoms with van der Waals surface area (Å²) in [5, 5.41) is 12.6. The number of hydrogen-bond donors (Lipinski definition) is 2. The molecule has 1 amide bonds. The van der Waals surface area contributed by atoms with E-state index in [1.54, 1.807) is 0 Å². The molecular formula is C20H21NO3. The van der Waals surface area contributed by atoms with Gasteiger partial charge in [-0.15, -0.1) is 0 Å². The Kier molecular flexibility index (Phi) is 4.38. The molecule has 2 aromatic carbocycles. The molecule has 4 heteroatoms. The van der Waals surface area contributed by atoms with Crippen molar-refractivity contribution in [1.82, 2.24) is 0 Å². The summed E-state index contributed by atoms with van der Waals surface area (Å²) in [6, 6.07) is 15.4. The van der Waals surface area contributed by atoms with Gasteiger partial charge in [0.15, 0.2) is 0 Å². The van der Waals surface area contributed by atoms with Crippen molar-refractivity contribution < 1.29 is 14.7 Å². The van der Waals surface area contributed by atoms with E-state index < -0.39 is 11.4 Å². The van der Waals surface area contributed by atoms with Crippen LogP contribution in [0.4, 0.5) is 5.69 Å². The van der Waals surface area contributed by atoms with E-state index in [-0.39, 0.29) is 12.3 Å². The Hall–Kier alpha value is -2.62. The summed E-state index contributed by atoms with van der Waals surface area (Å²) < 4.78 is 0. The van der Waals surface area contributed by atoms with E-state index >= 15 is 0 Å². The number of benzene rings is 2. The van der Waals surface area contributed by atoms with Crippen LogP contribution < -0.4 is 5.32 Å². The predicted molar refractivity (Wildman–Crippen MR) is 93.0 cm³/mol. The second-order valence-corrected chi connectivity index (χ2v) is 6.49. The maximum Gasteiger partial charge on any atom is 0.310 e. The molecule has 124 valence electrons. The van der Waals surface area contributed by atoms with Gasteiger partial charge < -0.3 is 10.4 Å². The smallest absolute Gasteiger partial charge is 0.310 e. The standard InChI is InChI=1S/C20H21NO3/c1-2-14-6-5-9-17(10-14)21-18(22)13-20(19(23)24)11-15-7-3-4-8-16(15)12-20/h3-10H,2,11-13H2,1H3,(H,21,22)(H,23,24). The molecule has 2 N–H and O–H groups in total. The van der Waals surface area contributed by atoms with Crippen molar-refractivity contribution in [3.8, 4) is 0 Å². The molecule has 3 rings (SSSR count). The molecule has 2 aromatic rings. The van der Waals surface area contributed by atoms with Gasteiger partial charge in [-0.1, -0.05) is 43.3 Å². The first-order valence-corrected chi connectivity index (χ1v) is 8.21. The number of aryl methyl sites for hydroxylation is 1. The maximum atomic E-state index is 12.5. The van der Waals surface area contributed by atoms with Crippen LogP contribution in [-0.4, -0.2) is 17.0 Å². The van der Waals surface area contributed by atoms with Gasteiger partial charge in [0.05, 0.1) is 5.41 Å². The van der Waals surface area contributed by atoms with E-state index in [1.807, 2.05) is 48.5 Å². The van der Waals surface area contributed by atoms with Gasteiger partial charge in [-0.05, 0) is 48.1 Å². The fraction of sp³-hybridized carbons (Fsp3) is 0.300. The molecule has 0 atom stereocenters. The van der Waals surface area contributed by atoms with Gasteiger partial charge in [-0.25, -0.2) is 0 Å². The maximum absolute atomic E-state index is 12.5. The van der Waals surface area contributed by atoms with Crippen LogP contribution in [0.2, 0.25) is 0 Å². The topological polar surface area (TPSA) is 66.4 Å². The van der Waals surface area contributed by atoms with Crippen molar-refractivity contribution in [2.75, 3.05) is 5.32 Å². The van der Waals surface area contributed by atoms with Crippen LogP contribution >= 0.6 is 0 Å². The Balaban J connectivity index is 1.75. The summed E-state index contributed by atoms with van der Waals surface area (Å²) in [7, 11) is 0. The molecule has 24 heavy (non-hydrogen) atoms. The minimum Gasteiger partial charge on any atom is -0.481 e. The quantitative estimate of drug-likeness (QED) is 0.885. The van der Waals surface area contributed by atoms with Crippen LogP contribution in [0.3, 0.4) is 0 Å². The van der Waals surface area contributed by atoms with Gasteiger partial charge in [0, 0.05) is 12.1 Å². The number of anilines is 1. The number of carboxylic acids is 1. The van der Waals surface area contributed by atoms with E-state index in [1.165, 1.54) is 0 Å². The van der Waals surface area contributed by atoms with Crippen LogP contribution in [0.5, 0.6) is 0 Å². The molecule has 4 nitrogen and oxygen atoms in total. The largest absolute Gasteiger partial charge is 0.481 e. The molecule has 0 aliphatic heterocycles. The third-order valence-electron chi connectivity index (χ3n) is 4.75. The monoisotopic (exact) mass is 323 g/mol. The van der Waals surface area contributed by atoms with Crippen molar-refractivity contribution >= 4 is 17.6 Å². The minimum atomic E-state index is -1.05. The molecule has 0 unspecified atom stereocenters. The Morgan fingerprint density at radius 3 is 2.33 bits per heavy atom. The van der Waals surface area contributed by atoms with Crippen LogP contribution in [0.25, 0.3) is 0 Å². The Bertz CT molecular complexity index is 757. The summed E-state index contributed by atoms with van der Waals surface area (Å²) in [5.74, 6) is -1.16. The first-order valence-electron chi connectivity index (χ1n) is 8.21. The van der Waals surface area contributed by atoms with E-state index in [4.69, 9.17) is 0 Å². The number of hydrogen-bond acceptors (Lipinski definition) is 2. The second-order valence-electron chi connectivity index (χ2n) is 6.49. The Morgan fingerprint density at radius 1 is 1.08 bits per heavy atom. The van der Waals surface area contributed by atoms with Gasteiger partial charge in [0.1, 0.15) is 0 Å². The van der Waals surface area contributed by atoms with E-state index in [0.717, 1.165) is 28.8 Å². The van der Waals surface area contributed by atoms with Crippen LogP contribution in [0, 0.1) is 5.41 Å². The molecule has 1 aliphatic carbocycles. The number of rotatable bonds is 5. The number of nitrogens with one attached hydrogen (secondary N) is 1. The molecule has 0 spiro atoms. The minimum absolute atomic E-state index is 0.0205. The first-order chi connectivity index (χ1) is 11.5. The molecule has 0 radical (unpaired) electrons. The number of aliphatic carboxylic acids is 1. The highest BCUT2D eigenvalue weighted by atomic mass is 16.4. The third-order valence-corrected chi connectivity index (χ3v) is 4.75. The lowest BCUT2D eigenvalue weighted by Gasteiger charge is -2.23. The molecular weight excluding hydrogens is 302 g/mol. The predicted octanol–water partition coefficient (Wildman–Crippen LogP) is 3.45.